The monoisotopic (exact) mass is 271 g/mol. The van der Waals surface area contributed by atoms with Gasteiger partial charge in [0, 0.05) is 19.8 Å². The highest BCUT2D eigenvalue weighted by Crippen LogP contribution is 2.23. The number of aryl methyl sites for hydroxylation is 1. The molecule has 0 spiro atoms. The minimum absolute atomic E-state index is 0.101. The van der Waals surface area contributed by atoms with E-state index < -0.39 is 5.91 Å². The van der Waals surface area contributed by atoms with Crippen LogP contribution in [-0.4, -0.2) is 25.0 Å². The van der Waals surface area contributed by atoms with Crippen molar-refractivity contribution in [2.75, 3.05) is 24.3 Å². The zero-order valence-electron chi connectivity index (χ0n) is 11.7. The highest BCUT2D eigenvalue weighted by molar-refractivity contribution is 6.05. The molecule has 0 unspecified atom stereocenters. The number of H-pyrrole nitrogens is 1. The number of pyridine rings is 1. The van der Waals surface area contributed by atoms with Gasteiger partial charge in [-0.25, -0.2) is 0 Å². The molecular formula is C15H17N3O2. The van der Waals surface area contributed by atoms with Crippen LogP contribution in [0.25, 0.3) is 0 Å². The molecule has 0 aliphatic heterocycles. The molecular weight excluding hydrogens is 254 g/mol. The quantitative estimate of drug-likeness (QED) is 0.897. The topological polar surface area (TPSA) is 65.2 Å². The molecule has 0 fully saturated rings. The van der Waals surface area contributed by atoms with Crippen LogP contribution in [0.2, 0.25) is 0 Å². The fourth-order valence-corrected chi connectivity index (χ4v) is 1.91. The second-order valence-corrected chi connectivity index (χ2v) is 4.75. The highest BCUT2D eigenvalue weighted by atomic mass is 16.2. The standard InChI is InChI=1S/C15H17N3O2/c1-10-8-9-11(14(19)16-10)15(20)17-12-6-4-5-7-13(12)18(2)3/h4-9H,1-3H3,(H,16,19)(H,17,20). The summed E-state index contributed by atoms with van der Waals surface area (Å²) in [5, 5.41) is 2.77. The van der Waals surface area contributed by atoms with Crippen LogP contribution in [0.3, 0.4) is 0 Å². The maximum atomic E-state index is 12.2. The number of aromatic nitrogens is 1. The number of hydrogen-bond acceptors (Lipinski definition) is 3. The third-order valence-corrected chi connectivity index (χ3v) is 2.93. The van der Waals surface area contributed by atoms with Gasteiger partial charge in [-0.1, -0.05) is 12.1 Å². The predicted molar refractivity (Wildman–Crippen MR) is 80.5 cm³/mol. The molecule has 0 aliphatic rings. The molecule has 1 aromatic heterocycles. The normalized spacial score (nSPS) is 10.2. The minimum atomic E-state index is -0.416. The first kappa shape index (κ1) is 13.9. The van der Waals surface area contributed by atoms with Gasteiger partial charge in [0.2, 0.25) is 0 Å². The van der Waals surface area contributed by atoms with Crippen LogP contribution in [0.4, 0.5) is 11.4 Å². The van der Waals surface area contributed by atoms with E-state index in [9.17, 15) is 9.59 Å². The molecule has 0 saturated carbocycles. The number of nitrogens with zero attached hydrogens (tertiary/aromatic N) is 1. The maximum absolute atomic E-state index is 12.2. The lowest BCUT2D eigenvalue weighted by molar-refractivity contribution is 0.102. The van der Waals surface area contributed by atoms with Crippen LogP contribution in [0.5, 0.6) is 0 Å². The molecule has 1 heterocycles. The van der Waals surface area contributed by atoms with Gasteiger partial charge in [-0.05, 0) is 31.2 Å². The Morgan fingerprint density at radius 1 is 1.15 bits per heavy atom. The van der Waals surface area contributed by atoms with Crippen LogP contribution in [0.1, 0.15) is 16.1 Å². The van der Waals surface area contributed by atoms with Crippen LogP contribution in [-0.2, 0) is 0 Å². The van der Waals surface area contributed by atoms with Gasteiger partial charge in [0.15, 0.2) is 0 Å². The van der Waals surface area contributed by atoms with Gasteiger partial charge in [-0.3, -0.25) is 9.59 Å². The van der Waals surface area contributed by atoms with E-state index in [2.05, 4.69) is 10.3 Å². The van der Waals surface area contributed by atoms with E-state index in [0.29, 0.717) is 5.69 Å². The Balaban J connectivity index is 2.31. The van der Waals surface area contributed by atoms with Crippen molar-refractivity contribution < 1.29 is 4.79 Å². The molecule has 0 saturated heterocycles. The maximum Gasteiger partial charge on any atom is 0.261 e. The van der Waals surface area contributed by atoms with Gasteiger partial charge in [-0.2, -0.15) is 0 Å². The molecule has 2 aromatic rings. The number of aromatic amines is 1. The van der Waals surface area contributed by atoms with Crippen molar-refractivity contribution in [3.8, 4) is 0 Å². The van der Waals surface area contributed by atoms with E-state index in [-0.39, 0.29) is 11.1 Å². The molecule has 1 amide bonds. The van der Waals surface area contributed by atoms with Gasteiger partial charge in [0.05, 0.1) is 11.4 Å². The predicted octanol–water partition coefficient (Wildman–Crippen LogP) is 2.00. The van der Waals surface area contributed by atoms with Crippen LogP contribution < -0.4 is 15.8 Å². The van der Waals surface area contributed by atoms with E-state index >= 15 is 0 Å². The fraction of sp³-hybridized carbons (Fsp3) is 0.200. The van der Waals surface area contributed by atoms with E-state index in [0.717, 1.165) is 11.4 Å². The van der Waals surface area contributed by atoms with Crippen molar-refractivity contribution in [3.05, 3.63) is 58.0 Å². The van der Waals surface area contributed by atoms with Gasteiger partial charge in [-0.15, -0.1) is 0 Å². The Hall–Kier alpha value is -2.56. The number of hydrogen-bond donors (Lipinski definition) is 2. The van der Waals surface area contributed by atoms with Crippen LogP contribution in [0, 0.1) is 6.92 Å². The van der Waals surface area contributed by atoms with Crippen molar-refractivity contribution in [2.24, 2.45) is 0 Å². The molecule has 0 aliphatic carbocycles. The lowest BCUT2D eigenvalue weighted by Gasteiger charge is -2.17. The molecule has 20 heavy (non-hydrogen) atoms. The summed E-state index contributed by atoms with van der Waals surface area (Å²) < 4.78 is 0. The number of carbonyl (C=O) groups excluding carboxylic acids is 1. The first-order valence-corrected chi connectivity index (χ1v) is 6.26. The summed E-state index contributed by atoms with van der Waals surface area (Å²) in [6.07, 6.45) is 0. The van der Waals surface area contributed by atoms with Gasteiger partial charge >= 0.3 is 0 Å². The lowest BCUT2D eigenvalue weighted by atomic mass is 10.2. The zero-order chi connectivity index (χ0) is 14.7. The van der Waals surface area contributed by atoms with Gasteiger partial charge in [0.1, 0.15) is 5.56 Å². The van der Waals surface area contributed by atoms with E-state index in [4.69, 9.17) is 0 Å². The number of anilines is 2. The Morgan fingerprint density at radius 2 is 1.85 bits per heavy atom. The smallest absolute Gasteiger partial charge is 0.261 e. The van der Waals surface area contributed by atoms with Crippen molar-refractivity contribution in [3.63, 3.8) is 0 Å². The Labute approximate surface area is 117 Å². The second-order valence-electron chi connectivity index (χ2n) is 4.75. The molecule has 0 radical (unpaired) electrons. The molecule has 1 aromatic carbocycles. The largest absolute Gasteiger partial charge is 0.376 e. The average molecular weight is 271 g/mol. The molecule has 0 bridgehead atoms. The Kier molecular flexibility index (Phi) is 3.89. The summed E-state index contributed by atoms with van der Waals surface area (Å²) >= 11 is 0. The van der Waals surface area contributed by atoms with Crippen molar-refractivity contribution in [1.29, 1.82) is 0 Å². The number of rotatable bonds is 3. The summed E-state index contributed by atoms with van der Waals surface area (Å²) in [7, 11) is 3.79. The molecule has 0 atom stereocenters. The molecule has 2 rings (SSSR count). The molecule has 104 valence electrons. The van der Waals surface area contributed by atoms with E-state index in [1.54, 1.807) is 19.1 Å². The summed E-state index contributed by atoms with van der Waals surface area (Å²) in [6, 6.07) is 10.7. The van der Waals surface area contributed by atoms with Crippen molar-refractivity contribution in [1.82, 2.24) is 4.98 Å². The SMILES string of the molecule is Cc1ccc(C(=O)Nc2ccccc2N(C)C)c(=O)[nH]1. The zero-order valence-corrected chi connectivity index (χ0v) is 11.7. The third-order valence-electron chi connectivity index (χ3n) is 2.93. The summed E-state index contributed by atoms with van der Waals surface area (Å²) in [6.45, 7) is 1.77. The second kappa shape index (κ2) is 5.61. The highest BCUT2D eigenvalue weighted by Gasteiger charge is 2.13. The fourth-order valence-electron chi connectivity index (χ4n) is 1.91. The van der Waals surface area contributed by atoms with Gasteiger partial charge < -0.3 is 15.2 Å². The van der Waals surface area contributed by atoms with E-state index in [1.807, 2.05) is 37.2 Å². The summed E-state index contributed by atoms with van der Waals surface area (Å²) in [5.41, 5.74) is 1.99. The summed E-state index contributed by atoms with van der Waals surface area (Å²) in [5.74, 6) is -0.416. The van der Waals surface area contributed by atoms with Crippen LogP contribution in [0.15, 0.2) is 41.2 Å². The summed E-state index contributed by atoms with van der Waals surface area (Å²) in [4.78, 5) is 28.4. The number of benzene rings is 1. The Bertz CT molecular complexity index is 690. The first-order chi connectivity index (χ1) is 9.49. The third kappa shape index (κ3) is 2.88. The number of para-hydroxylation sites is 2. The number of nitrogens with one attached hydrogen (secondary N) is 2. The average Bonchev–Trinajstić information content (AvgIpc) is 2.38. The molecule has 5 heteroatoms. The van der Waals surface area contributed by atoms with E-state index in [1.165, 1.54) is 6.07 Å². The lowest BCUT2D eigenvalue weighted by Crippen LogP contribution is -2.24. The van der Waals surface area contributed by atoms with Crippen molar-refractivity contribution in [2.45, 2.75) is 6.92 Å². The Morgan fingerprint density at radius 3 is 2.50 bits per heavy atom. The number of amides is 1. The first-order valence-electron chi connectivity index (χ1n) is 6.26. The van der Waals surface area contributed by atoms with Crippen molar-refractivity contribution >= 4 is 17.3 Å². The molecule has 2 N–H and O–H groups in total. The molecule has 5 nitrogen and oxygen atoms in total. The van der Waals surface area contributed by atoms with Crippen LogP contribution >= 0.6 is 0 Å². The van der Waals surface area contributed by atoms with Gasteiger partial charge in [0.25, 0.3) is 11.5 Å². The number of carbonyl (C=O) groups is 1. The minimum Gasteiger partial charge on any atom is -0.376 e.